The number of aromatic nitrogens is 3. The molecule has 0 unspecified atom stereocenters. The van der Waals surface area contributed by atoms with Gasteiger partial charge in [0.1, 0.15) is 18.5 Å². The molecule has 2 aromatic rings. The highest BCUT2D eigenvalue weighted by Crippen LogP contribution is 2.44. The number of allylic oxidation sites excluding steroid dienone is 1. The van der Waals surface area contributed by atoms with Gasteiger partial charge in [-0.05, 0) is 50.3 Å². The van der Waals surface area contributed by atoms with E-state index in [4.69, 9.17) is 18.9 Å². The number of anilines is 1. The Morgan fingerprint density at radius 3 is 2.35 bits per heavy atom. The summed E-state index contributed by atoms with van der Waals surface area (Å²) in [5, 5.41) is 7.54. The Kier molecular flexibility index (Phi) is 6.01. The predicted octanol–water partition coefficient (Wildman–Crippen LogP) is 3.47. The van der Waals surface area contributed by atoms with E-state index in [0.717, 1.165) is 31.2 Å². The van der Waals surface area contributed by atoms with Gasteiger partial charge in [-0.3, -0.25) is 0 Å². The van der Waals surface area contributed by atoms with Crippen molar-refractivity contribution in [2.45, 2.75) is 51.2 Å². The van der Waals surface area contributed by atoms with Crippen LogP contribution in [0.15, 0.2) is 29.7 Å². The van der Waals surface area contributed by atoms with E-state index in [0.29, 0.717) is 34.5 Å². The summed E-state index contributed by atoms with van der Waals surface area (Å²) in [6, 6.07) is 3.09. The molecule has 166 valence electrons. The first kappa shape index (κ1) is 21.0. The fraction of sp³-hybridized carbons (Fsp3) is 0.500. The number of carbonyl (C=O) groups is 1. The van der Waals surface area contributed by atoms with E-state index in [-0.39, 0.29) is 12.1 Å². The maximum atomic E-state index is 13.4. The zero-order valence-electron chi connectivity index (χ0n) is 18.3. The highest BCUT2D eigenvalue weighted by Gasteiger charge is 2.36. The molecular formula is C22H28N4O5. The maximum Gasteiger partial charge on any atom is 0.338 e. The van der Waals surface area contributed by atoms with Crippen LogP contribution < -0.4 is 19.5 Å². The van der Waals surface area contributed by atoms with E-state index in [1.54, 1.807) is 26.0 Å². The molecule has 9 heteroatoms. The van der Waals surface area contributed by atoms with E-state index in [2.05, 4.69) is 15.4 Å². The largest absolute Gasteiger partial charge is 0.493 e. The number of benzene rings is 1. The number of ether oxygens (including phenoxy) is 4. The molecule has 1 aromatic carbocycles. The van der Waals surface area contributed by atoms with E-state index in [9.17, 15) is 4.79 Å². The Hall–Kier alpha value is -3.23. The SMILES string of the molecule is COc1cc([C@H]2C(C(=O)OC3CCCCC3)=C(C)Nc3ncnn32)cc(OC)c1OC. The lowest BCUT2D eigenvalue weighted by Crippen LogP contribution is -2.32. The second-order valence-corrected chi connectivity index (χ2v) is 7.72. The van der Waals surface area contributed by atoms with Crippen molar-refractivity contribution in [1.29, 1.82) is 0 Å². The van der Waals surface area contributed by atoms with Gasteiger partial charge in [-0.15, -0.1) is 0 Å². The van der Waals surface area contributed by atoms with Crippen molar-refractivity contribution in [3.8, 4) is 17.2 Å². The number of nitrogens with one attached hydrogen (secondary N) is 1. The summed E-state index contributed by atoms with van der Waals surface area (Å²) in [5.41, 5.74) is 1.91. The number of methoxy groups -OCH3 is 3. The molecule has 1 aliphatic heterocycles. The van der Waals surface area contributed by atoms with Crippen LogP contribution in [0, 0.1) is 0 Å². The van der Waals surface area contributed by atoms with Crippen LogP contribution in [0.5, 0.6) is 17.2 Å². The van der Waals surface area contributed by atoms with Gasteiger partial charge >= 0.3 is 5.97 Å². The molecular weight excluding hydrogens is 400 g/mol. The third-order valence-corrected chi connectivity index (χ3v) is 5.84. The average Bonchev–Trinajstić information content (AvgIpc) is 3.25. The normalized spacial score (nSPS) is 18.8. The van der Waals surface area contributed by atoms with Crippen LogP contribution in [-0.2, 0) is 9.53 Å². The number of carbonyl (C=O) groups excluding carboxylic acids is 1. The lowest BCUT2D eigenvalue weighted by atomic mass is 9.94. The van der Waals surface area contributed by atoms with Crippen LogP contribution in [0.3, 0.4) is 0 Å². The number of esters is 1. The van der Waals surface area contributed by atoms with Crippen molar-refractivity contribution in [2.24, 2.45) is 0 Å². The molecule has 1 aliphatic carbocycles. The van der Waals surface area contributed by atoms with E-state index >= 15 is 0 Å². The minimum Gasteiger partial charge on any atom is -0.493 e. The number of fused-ring (bicyclic) bond motifs is 1. The molecule has 2 heterocycles. The maximum absolute atomic E-state index is 13.4. The van der Waals surface area contributed by atoms with Gasteiger partial charge in [0.15, 0.2) is 11.5 Å². The molecule has 1 aromatic heterocycles. The van der Waals surface area contributed by atoms with Crippen molar-refractivity contribution in [1.82, 2.24) is 14.8 Å². The van der Waals surface area contributed by atoms with E-state index < -0.39 is 6.04 Å². The third kappa shape index (κ3) is 3.92. The summed E-state index contributed by atoms with van der Waals surface area (Å²) in [6.45, 7) is 1.85. The summed E-state index contributed by atoms with van der Waals surface area (Å²) in [6.07, 6.45) is 6.54. The molecule has 1 saturated carbocycles. The van der Waals surface area contributed by atoms with E-state index in [1.807, 2.05) is 19.1 Å². The van der Waals surface area contributed by atoms with Crippen molar-refractivity contribution in [3.05, 3.63) is 35.3 Å². The first-order valence-corrected chi connectivity index (χ1v) is 10.5. The zero-order chi connectivity index (χ0) is 22.0. The van der Waals surface area contributed by atoms with Gasteiger partial charge in [0, 0.05) is 5.70 Å². The second kappa shape index (κ2) is 8.87. The van der Waals surface area contributed by atoms with Crippen LogP contribution >= 0.6 is 0 Å². The minimum atomic E-state index is -0.552. The summed E-state index contributed by atoms with van der Waals surface area (Å²) in [4.78, 5) is 17.6. The Bertz CT molecular complexity index is 969. The molecule has 2 aliphatic rings. The standard InChI is InChI=1S/C22H28N4O5/c1-13-18(21(27)31-15-8-6-5-7-9-15)19(26-22(25-13)23-12-24-26)14-10-16(28-2)20(30-4)17(11-14)29-3/h10-12,15,19H,5-9H2,1-4H3,(H,23,24,25)/t19-/m0/s1. The van der Waals surface area contributed by atoms with Gasteiger partial charge in [0.25, 0.3) is 0 Å². The second-order valence-electron chi connectivity index (χ2n) is 7.72. The predicted molar refractivity (Wildman–Crippen MR) is 114 cm³/mol. The number of hydrogen-bond acceptors (Lipinski definition) is 8. The summed E-state index contributed by atoms with van der Waals surface area (Å²) >= 11 is 0. The molecule has 31 heavy (non-hydrogen) atoms. The van der Waals surface area contributed by atoms with Crippen LogP contribution in [0.1, 0.15) is 50.6 Å². The van der Waals surface area contributed by atoms with Crippen LogP contribution in [0.4, 0.5) is 5.95 Å². The molecule has 9 nitrogen and oxygen atoms in total. The lowest BCUT2D eigenvalue weighted by Gasteiger charge is -2.30. The smallest absolute Gasteiger partial charge is 0.338 e. The summed E-state index contributed by atoms with van der Waals surface area (Å²) in [7, 11) is 4.67. The topological polar surface area (TPSA) is 96.7 Å². The Labute approximate surface area is 181 Å². The molecule has 1 N–H and O–H groups in total. The molecule has 0 radical (unpaired) electrons. The molecule has 0 bridgehead atoms. The van der Waals surface area contributed by atoms with Crippen molar-refractivity contribution < 1.29 is 23.7 Å². The van der Waals surface area contributed by atoms with Gasteiger partial charge < -0.3 is 24.3 Å². The Balaban J connectivity index is 1.78. The average molecular weight is 428 g/mol. The molecule has 0 saturated heterocycles. The monoisotopic (exact) mass is 428 g/mol. The lowest BCUT2D eigenvalue weighted by molar-refractivity contribution is -0.146. The highest BCUT2D eigenvalue weighted by molar-refractivity contribution is 5.92. The van der Waals surface area contributed by atoms with Crippen LogP contribution in [0.2, 0.25) is 0 Å². The quantitative estimate of drug-likeness (QED) is 0.699. The van der Waals surface area contributed by atoms with Gasteiger partial charge in [0.05, 0.1) is 26.9 Å². The van der Waals surface area contributed by atoms with Gasteiger partial charge in [-0.25, -0.2) is 9.48 Å². The van der Waals surface area contributed by atoms with Gasteiger partial charge in [-0.2, -0.15) is 10.1 Å². The first-order valence-electron chi connectivity index (χ1n) is 10.5. The zero-order valence-corrected chi connectivity index (χ0v) is 18.3. The van der Waals surface area contributed by atoms with Gasteiger partial charge in [0.2, 0.25) is 11.7 Å². The van der Waals surface area contributed by atoms with Crippen molar-refractivity contribution >= 4 is 11.9 Å². The molecule has 1 fully saturated rings. The minimum absolute atomic E-state index is 0.0562. The highest BCUT2D eigenvalue weighted by atomic mass is 16.5. The molecule has 4 rings (SSSR count). The van der Waals surface area contributed by atoms with E-state index in [1.165, 1.54) is 12.7 Å². The molecule has 0 amide bonds. The fourth-order valence-corrected chi connectivity index (χ4v) is 4.32. The van der Waals surface area contributed by atoms with Crippen LogP contribution in [-0.4, -0.2) is 48.2 Å². The number of nitrogens with zero attached hydrogens (tertiary/aromatic N) is 3. The first-order chi connectivity index (χ1) is 15.1. The molecule has 1 atom stereocenters. The third-order valence-electron chi connectivity index (χ3n) is 5.84. The summed E-state index contributed by atoms with van der Waals surface area (Å²) in [5.74, 6) is 1.67. The van der Waals surface area contributed by atoms with Crippen LogP contribution in [0.25, 0.3) is 0 Å². The van der Waals surface area contributed by atoms with Crippen molar-refractivity contribution in [2.75, 3.05) is 26.6 Å². The Morgan fingerprint density at radius 2 is 1.74 bits per heavy atom. The summed E-state index contributed by atoms with van der Waals surface area (Å²) < 4.78 is 24.1. The number of hydrogen-bond donors (Lipinski definition) is 1. The molecule has 0 spiro atoms. The van der Waals surface area contributed by atoms with Crippen molar-refractivity contribution in [3.63, 3.8) is 0 Å². The Morgan fingerprint density at radius 1 is 1.06 bits per heavy atom. The number of rotatable bonds is 6. The fourth-order valence-electron chi connectivity index (χ4n) is 4.32. The van der Waals surface area contributed by atoms with Gasteiger partial charge in [-0.1, -0.05) is 6.42 Å².